The van der Waals surface area contributed by atoms with E-state index in [4.69, 9.17) is 23.2 Å². The van der Waals surface area contributed by atoms with Gasteiger partial charge >= 0.3 is 0 Å². The molecule has 1 aromatic carbocycles. The summed E-state index contributed by atoms with van der Waals surface area (Å²) in [6.45, 7) is 0. The zero-order valence-corrected chi connectivity index (χ0v) is 12.2. The van der Waals surface area contributed by atoms with Crippen molar-refractivity contribution in [3.8, 4) is 16.8 Å². The Hall–Kier alpha value is -2.17. The predicted octanol–water partition coefficient (Wildman–Crippen LogP) is 3.97. The maximum atomic E-state index is 11.1. The highest BCUT2D eigenvalue weighted by molar-refractivity contribution is 6.67. The van der Waals surface area contributed by atoms with Crippen LogP contribution in [0.1, 0.15) is 10.5 Å². The standard InChI is InChI=1S/C15H9Cl2N3O/c16-14-12(5-2-6-18-14)10-3-1-4-11(7-10)20-8-13(15(17)21)19-9-20/h1-9H. The lowest BCUT2D eigenvalue weighted by Gasteiger charge is -2.07. The van der Waals surface area contributed by atoms with Crippen molar-refractivity contribution in [1.29, 1.82) is 0 Å². The van der Waals surface area contributed by atoms with E-state index in [2.05, 4.69) is 9.97 Å². The van der Waals surface area contributed by atoms with Gasteiger partial charge in [0.05, 0.1) is 0 Å². The summed E-state index contributed by atoms with van der Waals surface area (Å²) in [5.74, 6) is 0. The largest absolute Gasteiger partial charge is 0.305 e. The molecule has 0 aliphatic heterocycles. The van der Waals surface area contributed by atoms with Crippen LogP contribution in [-0.4, -0.2) is 19.8 Å². The minimum absolute atomic E-state index is 0.210. The highest BCUT2D eigenvalue weighted by atomic mass is 35.5. The third-order valence-corrected chi connectivity index (χ3v) is 3.49. The number of hydrogen-bond donors (Lipinski definition) is 0. The number of imidazole rings is 1. The van der Waals surface area contributed by atoms with Crippen LogP contribution in [0.3, 0.4) is 0 Å². The molecule has 0 aliphatic carbocycles. The van der Waals surface area contributed by atoms with Gasteiger partial charge in [0.25, 0.3) is 5.24 Å². The van der Waals surface area contributed by atoms with Crippen molar-refractivity contribution in [3.05, 3.63) is 66.0 Å². The average molecular weight is 318 g/mol. The SMILES string of the molecule is O=C(Cl)c1cn(-c2cccc(-c3cccnc3Cl)c2)cn1. The van der Waals surface area contributed by atoms with Gasteiger partial charge < -0.3 is 4.57 Å². The molecule has 0 saturated heterocycles. The van der Waals surface area contributed by atoms with E-state index < -0.39 is 5.24 Å². The van der Waals surface area contributed by atoms with E-state index in [1.165, 1.54) is 0 Å². The summed E-state index contributed by atoms with van der Waals surface area (Å²) in [5.41, 5.74) is 2.83. The number of hydrogen-bond acceptors (Lipinski definition) is 3. The van der Waals surface area contributed by atoms with Crippen LogP contribution in [0.25, 0.3) is 16.8 Å². The smallest absolute Gasteiger partial charge is 0.272 e. The van der Waals surface area contributed by atoms with E-state index >= 15 is 0 Å². The monoisotopic (exact) mass is 317 g/mol. The second-order valence-corrected chi connectivity index (χ2v) is 5.03. The molecule has 104 valence electrons. The molecule has 0 N–H and O–H groups in total. The number of halogens is 2. The number of nitrogens with zero attached hydrogens (tertiary/aromatic N) is 3. The summed E-state index contributed by atoms with van der Waals surface area (Å²) < 4.78 is 1.73. The maximum absolute atomic E-state index is 11.1. The predicted molar refractivity (Wildman–Crippen MR) is 82.0 cm³/mol. The van der Waals surface area contributed by atoms with Crippen molar-refractivity contribution >= 4 is 28.4 Å². The summed E-state index contributed by atoms with van der Waals surface area (Å²) in [4.78, 5) is 19.1. The van der Waals surface area contributed by atoms with E-state index in [-0.39, 0.29) is 5.69 Å². The van der Waals surface area contributed by atoms with Crippen LogP contribution in [0.5, 0.6) is 0 Å². The van der Waals surface area contributed by atoms with Gasteiger partial charge in [0.2, 0.25) is 0 Å². The Kier molecular flexibility index (Phi) is 3.73. The fourth-order valence-electron chi connectivity index (χ4n) is 2.00. The fraction of sp³-hybridized carbons (Fsp3) is 0. The lowest BCUT2D eigenvalue weighted by atomic mass is 10.1. The first-order chi connectivity index (χ1) is 10.1. The fourth-order valence-corrected chi connectivity index (χ4v) is 2.33. The van der Waals surface area contributed by atoms with Crippen molar-refractivity contribution in [1.82, 2.24) is 14.5 Å². The number of pyridine rings is 1. The van der Waals surface area contributed by atoms with E-state index in [1.807, 2.05) is 36.4 Å². The van der Waals surface area contributed by atoms with E-state index in [9.17, 15) is 4.79 Å². The van der Waals surface area contributed by atoms with Gasteiger partial charge in [-0.1, -0.05) is 23.7 Å². The molecule has 0 fully saturated rings. The molecule has 3 rings (SSSR count). The Morgan fingerprint density at radius 3 is 2.71 bits per heavy atom. The molecule has 0 saturated carbocycles. The third-order valence-electron chi connectivity index (χ3n) is 3.00. The number of aromatic nitrogens is 3. The molecular weight excluding hydrogens is 309 g/mol. The van der Waals surface area contributed by atoms with Crippen LogP contribution in [-0.2, 0) is 0 Å². The number of carbonyl (C=O) groups is 1. The Morgan fingerprint density at radius 1 is 1.14 bits per heavy atom. The van der Waals surface area contributed by atoms with E-state index in [0.29, 0.717) is 5.15 Å². The van der Waals surface area contributed by atoms with Gasteiger partial charge in [-0.2, -0.15) is 0 Å². The molecule has 3 aromatic rings. The van der Waals surface area contributed by atoms with Crippen molar-refractivity contribution in [2.24, 2.45) is 0 Å². The van der Waals surface area contributed by atoms with Crippen LogP contribution in [0.15, 0.2) is 55.1 Å². The molecule has 2 aromatic heterocycles. The Balaban J connectivity index is 2.04. The van der Waals surface area contributed by atoms with Crippen LogP contribution in [0, 0.1) is 0 Å². The molecule has 0 spiro atoms. The Labute approximate surface area is 131 Å². The van der Waals surface area contributed by atoms with E-state index in [1.54, 1.807) is 23.3 Å². The van der Waals surface area contributed by atoms with Gasteiger partial charge in [-0.25, -0.2) is 9.97 Å². The normalized spacial score (nSPS) is 10.6. The third kappa shape index (κ3) is 2.82. The minimum Gasteiger partial charge on any atom is -0.305 e. The maximum Gasteiger partial charge on any atom is 0.272 e. The molecule has 4 nitrogen and oxygen atoms in total. The number of benzene rings is 1. The van der Waals surface area contributed by atoms with Crippen LogP contribution in [0.4, 0.5) is 0 Å². The van der Waals surface area contributed by atoms with Gasteiger partial charge in [0, 0.05) is 23.6 Å². The Bertz CT molecular complexity index is 814. The van der Waals surface area contributed by atoms with Crippen molar-refractivity contribution < 1.29 is 4.79 Å². The first-order valence-electron chi connectivity index (χ1n) is 6.10. The van der Waals surface area contributed by atoms with Gasteiger partial charge in [-0.05, 0) is 41.4 Å². The molecule has 0 radical (unpaired) electrons. The highest BCUT2D eigenvalue weighted by Crippen LogP contribution is 2.27. The van der Waals surface area contributed by atoms with Gasteiger partial charge in [-0.15, -0.1) is 0 Å². The molecule has 0 atom stereocenters. The van der Waals surface area contributed by atoms with Gasteiger partial charge in [0.15, 0.2) is 0 Å². The summed E-state index contributed by atoms with van der Waals surface area (Å²) >= 11 is 11.5. The zero-order chi connectivity index (χ0) is 14.8. The molecule has 6 heteroatoms. The van der Waals surface area contributed by atoms with Crippen molar-refractivity contribution in [2.75, 3.05) is 0 Å². The first kappa shape index (κ1) is 13.8. The van der Waals surface area contributed by atoms with Crippen molar-refractivity contribution in [2.45, 2.75) is 0 Å². The summed E-state index contributed by atoms with van der Waals surface area (Å²) in [7, 11) is 0. The lowest BCUT2D eigenvalue weighted by Crippen LogP contribution is -1.92. The molecular formula is C15H9Cl2N3O. The zero-order valence-electron chi connectivity index (χ0n) is 10.7. The Morgan fingerprint density at radius 2 is 2.00 bits per heavy atom. The molecule has 0 unspecified atom stereocenters. The quantitative estimate of drug-likeness (QED) is 0.542. The van der Waals surface area contributed by atoms with Crippen LogP contribution < -0.4 is 0 Å². The van der Waals surface area contributed by atoms with Gasteiger partial charge in [0.1, 0.15) is 17.2 Å². The van der Waals surface area contributed by atoms with Crippen molar-refractivity contribution in [3.63, 3.8) is 0 Å². The highest BCUT2D eigenvalue weighted by Gasteiger charge is 2.08. The molecule has 21 heavy (non-hydrogen) atoms. The second-order valence-electron chi connectivity index (χ2n) is 4.33. The van der Waals surface area contributed by atoms with Crippen LogP contribution >= 0.6 is 23.2 Å². The summed E-state index contributed by atoms with van der Waals surface area (Å²) in [5, 5.41) is -0.142. The number of rotatable bonds is 3. The molecule has 0 amide bonds. The van der Waals surface area contributed by atoms with Crippen LogP contribution in [0.2, 0.25) is 5.15 Å². The molecule has 0 bridgehead atoms. The first-order valence-corrected chi connectivity index (χ1v) is 6.86. The lowest BCUT2D eigenvalue weighted by molar-refractivity contribution is 0.107. The minimum atomic E-state index is -0.583. The topological polar surface area (TPSA) is 47.8 Å². The summed E-state index contributed by atoms with van der Waals surface area (Å²) in [6, 6.07) is 11.4. The second kappa shape index (κ2) is 5.68. The average Bonchev–Trinajstić information content (AvgIpc) is 2.98. The molecule has 2 heterocycles. The van der Waals surface area contributed by atoms with E-state index in [0.717, 1.165) is 16.8 Å². The van der Waals surface area contributed by atoms with Gasteiger partial charge in [-0.3, -0.25) is 4.79 Å². The number of carbonyl (C=O) groups excluding carboxylic acids is 1. The molecule has 0 aliphatic rings. The summed E-state index contributed by atoms with van der Waals surface area (Å²) in [6.07, 6.45) is 4.77.